The molecule has 0 saturated carbocycles. The highest BCUT2D eigenvalue weighted by Crippen LogP contribution is 2.00. The molecule has 1 aromatic heterocycles. The lowest BCUT2D eigenvalue weighted by Gasteiger charge is -2.04. The van der Waals surface area contributed by atoms with Crippen molar-refractivity contribution in [3.05, 3.63) is 16.4 Å². The van der Waals surface area contributed by atoms with E-state index in [0.717, 1.165) is 5.75 Å². The molecule has 0 aliphatic carbocycles. The van der Waals surface area contributed by atoms with Crippen molar-refractivity contribution in [1.82, 2.24) is 4.57 Å². The first-order valence-electron chi connectivity index (χ1n) is 4.58. The molecule has 0 aliphatic rings. The minimum atomic E-state index is -0.473. The van der Waals surface area contributed by atoms with Gasteiger partial charge in [-0.3, -0.25) is 4.79 Å². The van der Waals surface area contributed by atoms with Crippen molar-refractivity contribution in [3.8, 4) is 0 Å². The number of carbonyl (C=O) groups excluding carboxylic acids is 1. The maximum Gasteiger partial charge on any atom is 0.265 e. The summed E-state index contributed by atoms with van der Waals surface area (Å²) in [5.41, 5.74) is 5.71. The zero-order valence-corrected chi connectivity index (χ0v) is 10.5. The number of thioether (sulfide) groups is 1. The van der Waals surface area contributed by atoms with Gasteiger partial charge in [0.15, 0.2) is 4.80 Å². The van der Waals surface area contributed by atoms with E-state index in [4.69, 9.17) is 5.73 Å². The summed E-state index contributed by atoms with van der Waals surface area (Å²) in [6.45, 7) is 0. The van der Waals surface area contributed by atoms with Gasteiger partial charge in [-0.2, -0.15) is 16.8 Å². The average Bonchev–Trinajstić information content (AvgIpc) is 2.61. The minimum absolute atomic E-state index is 0.234. The van der Waals surface area contributed by atoms with E-state index in [1.54, 1.807) is 11.8 Å². The molecule has 15 heavy (non-hydrogen) atoms. The summed E-state index contributed by atoms with van der Waals surface area (Å²) in [5, 5.41) is 1.89. The van der Waals surface area contributed by atoms with Crippen LogP contribution in [0.2, 0.25) is 0 Å². The van der Waals surface area contributed by atoms with Crippen LogP contribution in [-0.2, 0) is 11.8 Å². The Labute approximate surface area is 97.2 Å². The van der Waals surface area contributed by atoms with Crippen LogP contribution < -0.4 is 10.5 Å². The van der Waals surface area contributed by atoms with Crippen LogP contribution in [0.5, 0.6) is 0 Å². The van der Waals surface area contributed by atoms with Gasteiger partial charge in [-0.1, -0.05) is 0 Å². The van der Waals surface area contributed by atoms with Crippen molar-refractivity contribution in [2.75, 3.05) is 12.0 Å². The summed E-state index contributed by atoms with van der Waals surface area (Å²) < 4.78 is 1.81. The fraction of sp³-hybridized carbons (Fsp3) is 0.556. The molecule has 0 saturated heterocycles. The monoisotopic (exact) mass is 245 g/mol. The maximum atomic E-state index is 11.6. The van der Waals surface area contributed by atoms with Crippen molar-refractivity contribution >= 4 is 29.0 Å². The van der Waals surface area contributed by atoms with E-state index in [2.05, 4.69) is 4.99 Å². The normalized spacial score (nSPS) is 14.2. The topological polar surface area (TPSA) is 60.4 Å². The average molecular weight is 245 g/mol. The zero-order valence-electron chi connectivity index (χ0n) is 8.84. The van der Waals surface area contributed by atoms with Crippen LogP contribution in [0.4, 0.5) is 0 Å². The molecule has 84 valence electrons. The largest absolute Gasteiger partial charge is 0.327 e. The minimum Gasteiger partial charge on any atom is -0.327 e. The molecule has 1 aromatic rings. The summed E-state index contributed by atoms with van der Waals surface area (Å²) in [4.78, 5) is 16.2. The van der Waals surface area contributed by atoms with Crippen molar-refractivity contribution in [1.29, 1.82) is 0 Å². The lowest BCUT2D eigenvalue weighted by atomic mass is 10.2. The molecule has 1 rings (SSSR count). The molecule has 1 atom stereocenters. The predicted molar refractivity (Wildman–Crippen MR) is 64.8 cm³/mol. The number of aromatic nitrogens is 1. The number of hydrogen-bond acceptors (Lipinski definition) is 4. The second kappa shape index (κ2) is 6.09. The van der Waals surface area contributed by atoms with E-state index in [1.165, 1.54) is 11.3 Å². The highest BCUT2D eigenvalue weighted by atomic mass is 32.2. The number of rotatable bonds is 4. The molecule has 0 radical (unpaired) electrons. The first kappa shape index (κ1) is 12.5. The van der Waals surface area contributed by atoms with Gasteiger partial charge in [-0.25, -0.2) is 0 Å². The Morgan fingerprint density at radius 3 is 3.07 bits per heavy atom. The smallest absolute Gasteiger partial charge is 0.265 e. The van der Waals surface area contributed by atoms with Gasteiger partial charge in [0.1, 0.15) is 0 Å². The number of hydrogen-bond donors (Lipinski definition) is 1. The zero-order chi connectivity index (χ0) is 11.3. The van der Waals surface area contributed by atoms with E-state index >= 15 is 0 Å². The van der Waals surface area contributed by atoms with Gasteiger partial charge in [-0.05, 0) is 18.4 Å². The van der Waals surface area contributed by atoms with Gasteiger partial charge in [0.2, 0.25) is 0 Å². The summed E-state index contributed by atoms with van der Waals surface area (Å²) in [6, 6.07) is -0.473. The second-order valence-corrected chi connectivity index (χ2v) is 4.99. The van der Waals surface area contributed by atoms with Crippen LogP contribution in [0.25, 0.3) is 0 Å². The first-order chi connectivity index (χ1) is 7.15. The molecular formula is C9H15N3OS2. The standard InChI is InChI=1S/C9H15N3OS2/c1-12-4-6-15-9(12)11-8(13)7(10)3-5-14-2/h4,6-7H,3,5,10H2,1-2H3/t7-/m0/s1. The SMILES string of the molecule is CSCC[C@H](N)C(=O)N=c1sccn1C. The van der Waals surface area contributed by atoms with Crippen LogP contribution in [0.1, 0.15) is 6.42 Å². The van der Waals surface area contributed by atoms with Crippen molar-refractivity contribution < 1.29 is 4.79 Å². The number of carbonyl (C=O) groups is 1. The van der Waals surface area contributed by atoms with Crippen LogP contribution in [0.15, 0.2) is 16.6 Å². The molecule has 0 fully saturated rings. The fourth-order valence-corrected chi connectivity index (χ4v) is 2.20. The summed E-state index contributed by atoms with van der Waals surface area (Å²) in [6.07, 6.45) is 4.54. The molecule has 0 unspecified atom stereocenters. The Balaban J connectivity index is 2.67. The Bertz CT molecular complexity index is 383. The third-order valence-corrected chi connectivity index (χ3v) is 3.41. The number of nitrogens with two attached hydrogens (primary N) is 1. The second-order valence-electron chi connectivity index (χ2n) is 3.13. The third kappa shape index (κ3) is 3.81. The predicted octanol–water partition coefficient (Wildman–Crippen LogP) is 0.594. The van der Waals surface area contributed by atoms with E-state index < -0.39 is 6.04 Å². The fourth-order valence-electron chi connectivity index (χ4n) is 0.980. The molecule has 1 amide bonds. The third-order valence-electron chi connectivity index (χ3n) is 1.92. The van der Waals surface area contributed by atoms with Crippen molar-refractivity contribution in [2.45, 2.75) is 12.5 Å². The molecule has 6 heteroatoms. The number of aryl methyl sites for hydroxylation is 1. The highest BCUT2D eigenvalue weighted by molar-refractivity contribution is 7.98. The van der Waals surface area contributed by atoms with Gasteiger partial charge < -0.3 is 10.3 Å². The molecule has 0 aliphatic heterocycles. The maximum absolute atomic E-state index is 11.6. The highest BCUT2D eigenvalue weighted by Gasteiger charge is 2.11. The molecular weight excluding hydrogens is 230 g/mol. The lowest BCUT2D eigenvalue weighted by molar-refractivity contribution is -0.119. The Kier molecular flexibility index (Phi) is 5.07. The van der Waals surface area contributed by atoms with Gasteiger partial charge >= 0.3 is 0 Å². The molecule has 1 heterocycles. The number of thiazole rings is 1. The molecule has 4 nitrogen and oxygen atoms in total. The Morgan fingerprint density at radius 2 is 2.53 bits per heavy atom. The Hall–Kier alpha value is -0.590. The van der Waals surface area contributed by atoms with Crippen LogP contribution in [0, 0.1) is 0 Å². The van der Waals surface area contributed by atoms with Gasteiger partial charge in [-0.15, -0.1) is 11.3 Å². The first-order valence-corrected chi connectivity index (χ1v) is 6.85. The van der Waals surface area contributed by atoms with Crippen LogP contribution in [-0.4, -0.2) is 28.5 Å². The van der Waals surface area contributed by atoms with Crippen LogP contribution >= 0.6 is 23.1 Å². The van der Waals surface area contributed by atoms with E-state index in [-0.39, 0.29) is 5.91 Å². The number of nitrogens with zero attached hydrogens (tertiary/aromatic N) is 2. The number of amides is 1. The van der Waals surface area contributed by atoms with Crippen molar-refractivity contribution in [3.63, 3.8) is 0 Å². The molecule has 2 N–H and O–H groups in total. The van der Waals surface area contributed by atoms with E-state index in [0.29, 0.717) is 11.2 Å². The molecule has 0 aromatic carbocycles. The van der Waals surface area contributed by atoms with Crippen LogP contribution in [0.3, 0.4) is 0 Å². The van der Waals surface area contributed by atoms with Gasteiger partial charge in [0, 0.05) is 18.6 Å². The summed E-state index contributed by atoms with van der Waals surface area (Å²) in [7, 11) is 1.86. The summed E-state index contributed by atoms with van der Waals surface area (Å²) in [5.74, 6) is 0.654. The van der Waals surface area contributed by atoms with Gasteiger partial charge in [0.25, 0.3) is 5.91 Å². The van der Waals surface area contributed by atoms with E-state index in [9.17, 15) is 4.79 Å². The lowest BCUT2D eigenvalue weighted by Crippen LogP contribution is -2.31. The quantitative estimate of drug-likeness (QED) is 0.845. The molecule has 0 spiro atoms. The van der Waals surface area contributed by atoms with E-state index in [1.807, 2.05) is 29.4 Å². The van der Waals surface area contributed by atoms with Crippen molar-refractivity contribution in [2.24, 2.45) is 17.8 Å². The van der Waals surface area contributed by atoms with Gasteiger partial charge in [0.05, 0.1) is 6.04 Å². The Morgan fingerprint density at radius 1 is 1.80 bits per heavy atom. The molecule has 0 bridgehead atoms. The summed E-state index contributed by atoms with van der Waals surface area (Å²) >= 11 is 3.12.